The van der Waals surface area contributed by atoms with Crippen molar-refractivity contribution in [3.05, 3.63) is 47.2 Å². The first-order valence-electron chi connectivity index (χ1n) is 16.2. The number of thiophene rings is 1. The van der Waals surface area contributed by atoms with Gasteiger partial charge in [0.25, 0.3) is 0 Å². The van der Waals surface area contributed by atoms with E-state index in [1.807, 2.05) is 19.9 Å². The number of benzene rings is 1. The molecular weight excluding hydrogens is 609 g/mol. The molecule has 8 nitrogen and oxygen atoms in total. The first-order chi connectivity index (χ1) is 22.3. The SMILES string of the molecule is C=C1C[C@@H]2CNCCN2c2nc(CCC34CCCN3CCC4)nc3c(F)c(-c4ncc(F)c5sc(N)c(C#N)c45)c(F)c1c23.CC. The Morgan fingerprint density at radius 1 is 1.11 bits per heavy atom. The van der Waals surface area contributed by atoms with Crippen molar-refractivity contribution in [3.63, 3.8) is 0 Å². The summed E-state index contributed by atoms with van der Waals surface area (Å²) in [6.45, 7) is 12.5. The van der Waals surface area contributed by atoms with Crippen molar-refractivity contribution in [1.82, 2.24) is 25.2 Å². The summed E-state index contributed by atoms with van der Waals surface area (Å²) in [7, 11) is 0. The van der Waals surface area contributed by atoms with E-state index in [4.69, 9.17) is 15.7 Å². The number of aryl methyl sites for hydroxylation is 1. The highest BCUT2D eigenvalue weighted by molar-refractivity contribution is 7.23. The highest BCUT2D eigenvalue weighted by atomic mass is 32.1. The third-order valence-electron chi connectivity index (χ3n) is 10.2. The van der Waals surface area contributed by atoms with Gasteiger partial charge in [0.2, 0.25) is 0 Å². The van der Waals surface area contributed by atoms with E-state index in [-0.39, 0.29) is 49.0 Å². The van der Waals surface area contributed by atoms with E-state index in [1.54, 1.807) is 0 Å². The highest BCUT2D eigenvalue weighted by Gasteiger charge is 2.44. The summed E-state index contributed by atoms with van der Waals surface area (Å²) >= 11 is 0.858. The van der Waals surface area contributed by atoms with Gasteiger partial charge >= 0.3 is 0 Å². The van der Waals surface area contributed by atoms with Gasteiger partial charge in [-0.2, -0.15) is 5.26 Å². The Morgan fingerprint density at radius 2 is 1.87 bits per heavy atom. The second-order valence-corrected chi connectivity index (χ2v) is 13.5. The first kappa shape index (κ1) is 30.8. The summed E-state index contributed by atoms with van der Waals surface area (Å²) in [4.78, 5) is 18.7. The lowest BCUT2D eigenvalue weighted by Gasteiger charge is -2.36. The fraction of sp³-hybridized carbons (Fsp3) is 0.471. The first-order valence-corrected chi connectivity index (χ1v) is 17.0. The molecule has 240 valence electrons. The second-order valence-electron chi connectivity index (χ2n) is 12.5. The molecule has 7 heterocycles. The molecule has 1 aromatic carbocycles. The minimum absolute atomic E-state index is 0.00337. The molecule has 4 aliphatic heterocycles. The number of fused-ring (bicyclic) bond motifs is 4. The summed E-state index contributed by atoms with van der Waals surface area (Å²) < 4.78 is 48.8. The number of halogens is 3. The highest BCUT2D eigenvalue weighted by Crippen LogP contribution is 2.48. The van der Waals surface area contributed by atoms with Crippen LogP contribution in [0.25, 0.3) is 37.8 Å². The number of nitriles is 1. The van der Waals surface area contributed by atoms with Crippen molar-refractivity contribution in [2.45, 2.75) is 70.4 Å². The zero-order valence-corrected chi connectivity index (χ0v) is 27.0. The van der Waals surface area contributed by atoms with Crippen LogP contribution in [0.5, 0.6) is 0 Å². The van der Waals surface area contributed by atoms with E-state index in [0.29, 0.717) is 55.1 Å². The molecule has 12 heteroatoms. The molecule has 0 aliphatic carbocycles. The van der Waals surface area contributed by atoms with E-state index in [2.05, 4.69) is 26.7 Å². The van der Waals surface area contributed by atoms with Crippen molar-refractivity contribution >= 4 is 48.7 Å². The molecular formula is C34H37F3N8S. The predicted molar refractivity (Wildman–Crippen MR) is 177 cm³/mol. The van der Waals surface area contributed by atoms with Crippen LogP contribution in [0, 0.1) is 28.8 Å². The van der Waals surface area contributed by atoms with Crippen LogP contribution in [0.1, 0.15) is 69.3 Å². The molecule has 4 aromatic rings. The molecule has 3 aromatic heterocycles. The lowest BCUT2D eigenvalue weighted by molar-refractivity contribution is 0.182. The van der Waals surface area contributed by atoms with Crippen molar-refractivity contribution in [2.24, 2.45) is 0 Å². The molecule has 46 heavy (non-hydrogen) atoms. The number of hydrogen-bond acceptors (Lipinski definition) is 9. The van der Waals surface area contributed by atoms with Crippen LogP contribution in [-0.2, 0) is 6.42 Å². The molecule has 8 rings (SSSR count). The number of nitrogens with one attached hydrogen (secondary N) is 1. The number of pyridine rings is 1. The standard InChI is InChI=1S/C32H31F3N8S.C2H6/c1-16-12-17-14-38-8-11-43(17)31-23-21(16)25(34)24(27-22-18(13-36)30(37)44-29(22)19(33)15-39-27)26(35)28(23)40-20(41-31)4-7-32-5-2-9-42(32)10-3-6-32;1-2/h15,17,38H,1-12,14,37H2;1-2H3/t17-;/m1./s1. The van der Waals surface area contributed by atoms with Crippen LogP contribution in [0.4, 0.5) is 24.0 Å². The molecule has 3 fully saturated rings. The number of nitrogens with zero attached hydrogens (tertiary/aromatic N) is 6. The summed E-state index contributed by atoms with van der Waals surface area (Å²) in [5.41, 5.74) is 6.12. The van der Waals surface area contributed by atoms with Gasteiger partial charge in [-0.1, -0.05) is 20.4 Å². The van der Waals surface area contributed by atoms with Gasteiger partial charge in [0.15, 0.2) is 11.6 Å². The quantitative estimate of drug-likeness (QED) is 0.257. The summed E-state index contributed by atoms with van der Waals surface area (Å²) in [5.74, 6) is -1.46. The molecule has 3 saturated heterocycles. The lowest BCUT2D eigenvalue weighted by atomic mass is 9.88. The smallest absolute Gasteiger partial charge is 0.162 e. The Kier molecular flexibility index (Phi) is 7.90. The number of aromatic nitrogens is 3. The summed E-state index contributed by atoms with van der Waals surface area (Å²) in [5, 5.41) is 13.6. The predicted octanol–water partition coefficient (Wildman–Crippen LogP) is 6.56. The van der Waals surface area contributed by atoms with Gasteiger partial charge in [0.05, 0.1) is 33.1 Å². The normalized spacial score (nSPS) is 20.3. The van der Waals surface area contributed by atoms with E-state index in [0.717, 1.165) is 49.9 Å². The zero-order chi connectivity index (χ0) is 32.3. The van der Waals surface area contributed by atoms with Crippen LogP contribution in [0.15, 0.2) is 12.8 Å². The van der Waals surface area contributed by atoms with Crippen LogP contribution in [0.2, 0.25) is 0 Å². The Bertz CT molecular complexity index is 1920. The van der Waals surface area contributed by atoms with Gasteiger partial charge in [-0.3, -0.25) is 9.88 Å². The lowest BCUT2D eigenvalue weighted by Crippen LogP contribution is -2.51. The Hall–Kier alpha value is -3.79. The van der Waals surface area contributed by atoms with Crippen molar-refractivity contribution < 1.29 is 13.2 Å². The molecule has 0 bridgehead atoms. The van der Waals surface area contributed by atoms with Gasteiger partial charge in [0.1, 0.15) is 34.0 Å². The van der Waals surface area contributed by atoms with Gasteiger partial charge in [0, 0.05) is 48.6 Å². The van der Waals surface area contributed by atoms with Crippen LogP contribution in [-0.4, -0.2) is 64.2 Å². The van der Waals surface area contributed by atoms with Crippen molar-refractivity contribution in [1.29, 1.82) is 5.26 Å². The van der Waals surface area contributed by atoms with Crippen molar-refractivity contribution in [3.8, 4) is 17.3 Å². The number of piperazine rings is 1. The average molecular weight is 647 g/mol. The molecule has 0 unspecified atom stereocenters. The molecule has 3 N–H and O–H groups in total. The Balaban J connectivity index is 0.00000166. The minimum atomic E-state index is -0.914. The van der Waals surface area contributed by atoms with Crippen LogP contribution < -0.4 is 16.0 Å². The number of nitrogens with two attached hydrogens (primary N) is 1. The second kappa shape index (κ2) is 11.8. The molecule has 0 saturated carbocycles. The maximum Gasteiger partial charge on any atom is 0.162 e. The topological polar surface area (TPSA) is 107 Å². The van der Waals surface area contributed by atoms with Gasteiger partial charge in [-0.25, -0.2) is 23.1 Å². The number of nitrogen functional groups attached to an aromatic ring is 1. The maximum absolute atomic E-state index is 17.0. The van der Waals surface area contributed by atoms with Gasteiger partial charge in [-0.15, -0.1) is 11.3 Å². The molecule has 4 aliphatic rings. The van der Waals surface area contributed by atoms with Crippen LogP contribution >= 0.6 is 11.3 Å². The third-order valence-corrected chi connectivity index (χ3v) is 11.2. The zero-order valence-electron chi connectivity index (χ0n) is 26.1. The number of hydrogen-bond donors (Lipinski definition) is 2. The maximum atomic E-state index is 17.0. The summed E-state index contributed by atoms with van der Waals surface area (Å²) in [6, 6.07) is 1.93. The Labute approximate surface area is 270 Å². The van der Waals surface area contributed by atoms with E-state index in [1.165, 1.54) is 12.8 Å². The third kappa shape index (κ3) is 4.58. The molecule has 0 radical (unpaired) electrons. The molecule has 0 spiro atoms. The monoisotopic (exact) mass is 646 g/mol. The number of rotatable bonds is 4. The largest absolute Gasteiger partial charge is 0.389 e. The van der Waals surface area contributed by atoms with Gasteiger partial charge < -0.3 is 16.0 Å². The summed E-state index contributed by atoms with van der Waals surface area (Å²) in [6.07, 6.45) is 7.42. The fourth-order valence-electron chi connectivity index (χ4n) is 8.17. The average Bonchev–Trinajstić information content (AvgIpc) is 3.72. The molecule has 0 amide bonds. The Morgan fingerprint density at radius 3 is 2.61 bits per heavy atom. The van der Waals surface area contributed by atoms with E-state index in [9.17, 15) is 9.65 Å². The van der Waals surface area contributed by atoms with Crippen molar-refractivity contribution in [2.75, 3.05) is 43.4 Å². The number of anilines is 2. The van der Waals surface area contributed by atoms with E-state index >= 15 is 8.78 Å². The van der Waals surface area contributed by atoms with Crippen LogP contribution in [0.3, 0.4) is 0 Å². The molecule has 1 atom stereocenters. The fourth-order valence-corrected chi connectivity index (χ4v) is 9.09. The van der Waals surface area contributed by atoms with Gasteiger partial charge in [-0.05, 0) is 57.2 Å². The minimum Gasteiger partial charge on any atom is -0.389 e. The van der Waals surface area contributed by atoms with E-state index < -0.39 is 23.0 Å².